The van der Waals surface area contributed by atoms with Gasteiger partial charge in [0.15, 0.2) is 0 Å². The summed E-state index contributed by atoms with van der Waals surface area (Å²) >= 11 is 0. The van der Waals surface area contributed by atoms with Gasteiger partial charge in [-0.1, -0.05) is 17.7 Å². The number of benzene rings is 2. The van der Waals surface area contributed by atoms with Gasteiger partial charge in [0.2, 0.25) is 5.71 Å². The van der Waals surface area contributed by atoms with Crippen molar-refractivity contribution in [1.82, 2.24) is 19.5 Å². The van der Waals surface area contributed by atoms with Crippen LogP contribution in [0.15, 0.2) is 59.1 Å². The van der Waals surface area contributed by atoms with Gasteiger partial charge in [0.25, 0.3) is 0 Å². The third-order valence-electron chi connectivity index (χ3n) is 6.27. The summed E-state index contributed by atoms with van der Waals surface area (Å²) in [6.07, 6.45) is 1.86. The normalized spacial score (nSPS) is 11.8. The summed E-state index contributed by atoms with van der Waals surface area (Å²) in [6, 6.07) is 16.9. The van der Waals surface area contributed by atoms with Crippen molar-refractivity contribution in [2.45, 2.75) is 34.6 Å². The van der Waals surface area contributed by atoms with Gasteiger partial charge in [-0.2, -0.15) is 0 Å². The Kier molecular flexibility index (Phi) is 4.18. The molecule has 6 aromatic rings. The number of pyridine rings is 2. The lowest BCUT2D eigenvalue weighted by Crippen LogP contribution is -2.03. The molecule has 0 spiro atoms. The van der Waals surface area contributed by atoms with Gasteiger partial charge in [0.05, 0.1) is 17.4 Å². The van der Waals surface area contributed by atoms with E-state index in [4.69, 9.17) is 9.40 Å². The summed E-state index contributed by atoms with van der Waals surface area (Å²) in [5.74, 6) is 0.892. The number of furan rings is 1. The lowest BCUT2D eigenvalue weighted by Gasteiger charge is -2.16. The van der Waals surface area contributed by atoms with E-state index in [9.17, 15) is 0 Å². The third kappa shape index (κ3) is 3.04. The van der Waals surface area contributed by atoms with Crippen LogP contribution in [-0.4, -0.2) is 19.5 Å². The van der Waals surface area contributed by atoms with Crippen LogP contribution in [0.3, 0.4) is 0 Å². The first-order chi connectivity index (χ1) is 15.9. The van der Waals surface area contributed by atoms with E-state index in [2.05, 4.69) is 71.7 Å². The quantitative estimate of drug-likeness (QED) is 0.298. The number of rotatable bonds is 2. The second-order valence-electron chi connectivity index (χ2n) is 8.95. The standard InChI is InChI=1S/C28H24N4O/c1-15-10-16(2)26(17(3)11-15)32-24-12-19(5)29-14-23(24)31-27(32)20-7-9-25-22(13-20)21-8-6-18(4)30-28(21)33-25/h6-14H,1-5H3. The molecule has 0 aliphatic carbocycles. The second kappa shape index (κ2) is 7.01. The van der Waals surface area contributed by atoms with E-state index in [1.165, 1.54) is 16.7 Å². The number of nitrogens with zero attached hydrogens (tertiary/aromatic N) is 4. The Morgan fingerprint density at radius 1 is 0.758 bits per heavy atom. The minimum Gasteiger partial charge on any atom is -0.438 e. The highest BCUT2D eigenvalue weighted by Crippen LogP contribution is 2.35. The van der Waals surface area contributed by atoms with E-state index >= 15 is 0 Å². The minimum atomic E-state index is 0.667. The Balaban J connectivity index is 1.69. The number of aromatic nitrogens is 4. The molecule has 0 atom stereocenters. The molecule has 5 nitrogen and oxygen atoms in total. The highest BCUT2D eigenvalue weighted by atomic mass is 16.3. The van der Waals surface area contributed by atoms with Crippen LogP contribution in [0.25, 0.3) is 50.2 Å². The third-order valence-corrected chi connectivity index (χ3v) is 6.27. The van der Waals surface area contributed by atoms with Gasteiger partial charge in [-0.3, -0.25) is 9.55 Å². The van der Waals surface area contributed by atoms with E-state index in [0.29, 0.717) is 5.71 Å². The molecule has 162 valence electrons. The summed E-state index contributed by atoms with van der Waals surface area (Å²) in [5, 5.41) is 2.06. The molecule has 0 unspecified atom stereocenters. The molecule has 0 aliphatic heterocycles. The van der Waals surface area contributed by atoms with Crippen molar-refractivity contribution in [3.63, 3.8) is 0 Å². The Labute approximate surface area is 191 Å². The Hall–Kier alpha value is -3.99. The van der Waals surface area contributed by atoms with Crippen LogP contribution in [0.5, 0.6) is 0 Å². The van der Waals surface area contributed by atoms with E-state index in [1.54, 1.807) is 0 Å². The molecular weight excluding hydrogens is 408 g/mol. The monoisotopic (exact) mass is 432 g/mol. The molecule has 4 aromatic heterocycles. The highest BCUT2D eigenvalue weighted by molar-refractivity contribution is 6.05. The number of aryl methyl sites for hydroxylation is 5. The molecule has 0 saturated heterocycles. The van der Waals surface area contributed by atoms with E-state index in [0.717, 1.165) is 55.9 Å². The fourth-order valence-corrected chi connectivity index (χ4v) is 4.92. The van der Waals surface area contributed by atoms with Gasteiger partial charge in [0.1, 0.15) is 16.9 Å². The van der Waals surface area contributed by atoms with E-state index in [-0.39, 0.29) is 0 Å². The fourth-order valence-electron chi connectivity index (χ4n) is 4.92. The fraction of sp³-hybridized carbons (Fsp3) is 0.179. The van der Waals surface area contributed by atoms with Crippen LogP contribution < -0.4 is 0 Å². The van der Waals surface area contributed by atoms with Crippen molar-refractivity contribution in [2.24, 2.45) is 0 Å². The van der Waals surface area contributed by atoms with Gasteiger partial charge in [0, 0.05) is 27.7 Å². The van der Waals surface area contributed by atoms with Crippen molar-refractivity contribution >= 4 is 33.1 Å². The Morgan fingerprint density at radius 3 is 2.33 bits per heavy atom. The number of hydrogen-bond acceptors (Lipinski definition) is 4. The van der Waals surface area contributed by atoms with Crippen molar-refractivity contribution in [3.8, 4) is 17.1 Å². The predicted molar refractivity (Wildman–Crippen MR) is 133 cm³/mol. The van der Waals surface area contributed by atoms with Crippen molar-refractivity contribution in [2.75, 3.05) is 0 Å². The molecule has 0 fully saturated rings. The van der Waals surface area contributed by atoms with Crippen molar-refractivity contribution in [3.05, 3.63) is 82.8 Å². The zero-order valence-electron chi connectivity index (χ0n) is 19.4. The average Bonchev–Trinajstić information content (AvgIpc) is 3.30. The molecule has 0 N–H and O–H groups in total. The smallest absolute Gasteiger partial charge is 0.227 e. The zero-order valence-corrected chi connectivity index (χ0v) is 19.4. The van der Waals surface area contributed by atoms with Crippen LogP contribution in [0.4, 0.5) is 0 Å². The van der Waals surface area contributed by atoms with Crippen molar-refractivity contribution < 1.29 is 4.42 Å². The van der Waals surface area contributed by atoms with Gasteiger partial charge in [-0.25, -0.2) is 9.97 Å². The van der Waals surface area contributed by atoms with Gasteiger partial charge in [-0.15, -0.1) is 0 Å². The molecule has 0 aliphatic rings. The molecular formula is C28H24N4O. The molecule has 0 radical (unpaired) electrons. The van der Waals surface area contributed by atoms with Gasteiger partial charge < -0.3 is 4.42 Å². The number of fused-ring (bicyclic) bond motifs is 4. The summed E-state index contributed by atoms with van der Waals surface area (Å²) in [5.41, 5.74) is 11.2. The first-order valence-corrected chi connectivity index (χ1v) is 11.1. The Bertz CT molecular complexity index is 1700. The summed E-state index contributed by atoms with van der Waals surface area (Å²) in [7, 11) is 0. The SMILES string of the molecule is Cc1cc(C)c(-n2c(-c3ccc4oc5nc(C)ccc5c4c3)nc3cnc(C)cc32)c(C)c1. The molecule has 0 amide bonds. The summed E-state index contributed by atoms with van der Waals surface area (Å²) in [6.45, 7) is 10.5. The first-order valence-electron chi connectivity index (χ1n) is 11.1. The topological polar surface area (TPSA) is 56.7 Å². The lowest BCUT2D eigenvalue weighted by molar-refractivity contribution is 0.652. The second-order valence-corrected chi connectivity index (χ2v) is 8.95. The molecule has 0 bridgehead atoms. The highest BCUT2D eigenvalue weighted by Gasteiger charge is 2.19. The molecule has 5 heteroatoms. The largest absolute Gasteiger partial charge is 0.438 e. The van der Waals surface area contributed by atoms with Crippen LogP contribution in [0, 0.1) is 34.6 Å². The van der Waals surface area contributed by atoms with Crippen LogP contribution in [0.2, 0.25) is 0 Å². The van der Waals surface area contributed by atoms with Gasteiger partial charge in [-0.05, 0) is 82.1 Å². The molecule has 33 heavy (non-hydrogen) atoms. The van der Waals surface area contributed by atoms with E-state index < -0.39 is 0 Å². The maximum absolute atomic E-state index is 6.02. The average molecular weight is 433 g/mol. The molecule has 0 saturated carbocycles. The van der Waals surface area contributed by atoms with Crippen molar-refractivity contribution in [1.29, 1.82) is 0 Å². The number of hydrogen-bond donors (Lipinski definition) is 0. The van der Waals surface area contributed by atoms with E-state index in [1.807, 2.05) is 32.2 Å². The van der Waals surface area contributed by atoms with Crippen LogP contribution >= 0.6 is 0 Å². The molecule has 6 rings (SSSR count). The number of imidazole rings is 1. The van der Waals surface area contributed by atoms with Gasteiger partial charge >= 0.3 is 0 Å². The maximum Gasteiger partial charge on any atom is 0.227 e. The Morgan fingerprint density at radius 2 is 1.55 bits per heavy atom. The minimum absolute atomic E-state index is 0.667. The lowest BCUT2D eigenvalue weighted by atomic mass is 10.0. The summed E-state index contributed by atoms with van der Waals surface area (Å²) in [4.78, 5) is 14.1. The molecule has 4 heterocycles. The van der Waals surface area contributed by atoms with Crippen LogP contribution in [0.1, 0.15) is 28.1 Å². The molecule has 2 aromatic carbocycles. The first kappa shape index (κ1) is 19.7. The zero-order chi connectivity index (χ0) is 22.9. The van der Waals surface area contributed by atoms with Crippen LogP contribution in [-0.2, 0) is 0 Å². The maximum atomic E-state index is 6.02. The predicted octanol–water partition coefficient (Wildman–Crippen LogP) is 6.92. The summed E-state index contributed by atoms with van der Waals surface area (Å²) < 4.78 is 8.29.